The molecule has 0 bridgehead atoms. The van der Waals surface area contributed by atoms with E-state index in [4.69, 9.17) is 21.4 Å². The Bertz CT molecular complexity index is 468. The third-order valence-electron chi connectivity index (χ3n) is 2.61. The fourth-order valence-corrected chi connectivity index (χ4v) is 2.09. The van der Waals surface area contributed by atoms with Crippen molar-refractivity contribution in [2.45, 2.75) is 12.5 Å². The summed E-state index contributed by atoms with van der Waals surface area (Å²) in [6.45, 7) is 0. The van der Waals surface area contributed by atoms with Gasteiger partial charge in [0.2, 0.25) is 0 Å². The summed E-state index contributed by atoms with van der Waals surface area (Å²) >= 11 is 5.80. The molecule has 17 heavy (non-hydrogen) atoms. The van der Waals surface area contributed by atoms with E-state index in [-0.39, 0.29) is 17.0 Å². The average Bonchev–Trinajstić information content (AvgIpc) is 2.60. The number of hydrogen-bond donors (Lipinski definition) is 1. The third-order valence-corrected chi connectivity index (χ3v) is 2.94. The first kappa shape index (κ1) is 11.9. The molecule has 2 unspecified atom stereocenters. The number of carboxylic acid groups (broad SMARTS) is 1. The lowest BCUT2D eigenvalue weighted by molar-refractivity contribution is -0.144. The summed E-state index contributed by atoms with van der Waals surface area (Å²) in [4.78, 5) is 22.1. The van der Waals surface area contributed by atoms with Gasteiger partial charge >= 0.3 is 11.9 Å². The number of esters is 1. The number of rotatable bonds is 2. The van der Waals surface area contributed by atoms with E-state index in [0.717, 1.165) is 6.07 Å². The van der Waals surface area contributed by atoms with Gasteiger partial charge in [-0.15, -0.1) is 0 Å². The molecular formula is C11H8ClFO4. The molecule has 2 atom stereocenters. The fourth-order valence-electron chi connectivity index (χ4n) is 1.82. The van der Waals surface area contributed by atoms with Gasteiger partial charge < -0.3 is 9.84 Å². The van der Waals surface area contributed by atoms with Crippen LogP contribution in [0, 0.1) is 11.7 Å². The highest BCUT2D eigenvalue weighted by molar-refractivity contribution is 6.31. The Morgan fingerprint density at radius 3 is 2.82 bits per heavy atom. The summed E-state index contributed by atoms with van der Waals surface area (Å²) in [6, 6.07) is 3.96. The predicted octanol–water partition coefficient (Wildman–Crippen LogP) is 2.17. The number of carbonyl (C=O) groups excluding carboxylic acids is 1. The molecule has 0 radical (unpaired) electrons. The molecule has 1 aliphatic rings. The standard InChI is InChI=1S/C11H8ClFO4/c12-6-2-1-3-7(13)9(6)10-5(11(15)16)4-8(14)17-10/h1-3,5,10H,4H2,(H,15,16). The molecule has 0 aromatic heterocycles. The summed E-state index contributed by atoms with van der Waals surface area (Å²) in [6.07, 6.45) is -1.43. The monoisotopic (exact) mass is 258 g/mol. The zero-order chi connectivity index (χ0) is 12.6. The van der Waals surface area contributed by atoms with E-state index in [2.05, 4.69) is 0 Å². The molecule has 1 fully saturated rings. The summed E-state index contributed by atoms with van der Waals surface area (Å²) in [5, 5.41) is 9.00. The van der Waals surface area contributed by atoms with Gasteiger partial charge in [0.1, 0.15) is 17.8 Å². The highest BCUT2D eigenvalue weighted by Crippen LogP contribution is 2.39. The summed E-state index contributed by atoms with van der Waals surface area (Å²) < 4.78 is 18.4. The SMILES string of the molecule is O=C1CC(C(=O)O)C(c2c(F)cccc2Cl)O1. The summed E-state index contributed by atoms with van der Waals surface area (Å²) in [7, 11) is 0. The molecular weight excluding hydrogens is 251 g/mol. The number of ether oxygens (including phenoxy) is 1. The van der Waals surface area contributed by atoms with Gasteiger partial charge in [-0.25, -0.2) is 4.39 Å². The molecule has 1 aromatic carbocycles. The van der Waals surface area contributed by atoms with E-state index >= 15 is 0 Å². The van der Waals surface area contributed by atoms with Crippen molar-refractivity contribution in [2.75, 3.05) is 0 Å². The van der Waals surface area contributed by atoms with Crippen molar-refractivity contribution in [1.29, 1.82) is 0 Å². The van der Waals surface area contributed by atoms with Crippen molar-refractivity contribution in [2.24, 2.45) is 5.92 Å². The maximum atomic E-state index is 13.6. The molecule has 1 aliphatic heterocycles. The molecule has 90 valence electrons. The van der Waals surface area contributed by atoms with Crippen LogP contribution in [0.3, 0.4) is 0 Å². The van der Waals surface area contributed by atoms with Gasteiger partial charge in [-0.3, -0.25) is 9.59 Å². The van der Waals surface area contributed by atoms with Crippen molar-refractivity contribution in [3.05, 3.63) is 34.6 Å². The van der Waals surface area contributed by atoms with Crippen molar-refractivity contribution in [3.8, 4) is 0 Å². The van der Waals surface area contributed by atoms with Crippen LogP contribution in [0.1, 0.15) is 18.1 Å². The number of cyclic esters (lactones) is 1. The second-order valence-electron chi connectivity index (χ2n) is 3.69. The highest BCUT2D eigenvalue weighted by atomic mass is 35.5. The quantitative estimate of drug-likeness (QED) is 0.826. The maximum Gasteiger partial charge on any atom is 0.311 e. The fraction of sp³-hybridized carbons (Fsp3) is 0.273. The number of hydrogen-bond acceptors (Lipinski definition) is 3. The van der Waals surface area contributed by atoms with Gasteiger partial charge in [0.25, 0.3) is 0 Å². The summed E-state index contributed by atoms with van der Waals surface area (Å²) in [5.41, 5.74) is -0.0765. The highest BCUT2D eigenvalue weighted by Gasteiger charge is 2.43. The minimum absolute atomic E-state index is 0.0518. The third kappa shape index (κ3) is 2.10. The minimum atomic E-state index is -1.21. The van der Waals surface area contributed by atoms with Gasteiger partial charge in [0.05, 0.1) is 11.4 Å². The van der Waals surface area contributed by atoms with Gasteiger partial charge in [-0.1, -0.05) is 17.7 Å². The van der Waals surface area contributed by atoms with Crippen LogP contribution < -0.4 is 0 Å². The Labute approximate surface area is 101 Å². The molecule has 0 amide bonds. The van der Waals surface area contributed by atoms with Crippen LogP contribution in [0.4, 0.5) is 4.39 Å². The Morgan fingerprint density at radius 1 is 1.53 bits per heavy atom. The van der Waals surface area contributed by atoms with E-state index in [9.17, 15) is 14.0 Å². The maximum absolute atomic E-state index is 13.6. The zero-order valence-corrected chi connectivity index (χ0v) is 9.28. The lowest BCUT2D eigenvalue weighted by Gasteiger charge is -2.16. The summed E-state index contributed by atoms with van der Waals surface area (Å²) in [5.74, 6) is -3.65. The van der Waals surface area contributed by atoms with Crippen LogP contribution >= 0.6 is 11.6 Å². The molecule has 0 spiro atoms. The normalized spacial score (nSPS) is 23.5. The van der Waals surface area contributed by atoms with Crippen molar-refractivity contribution in [3.63, 3.8) is 0 Å². The first-order valence-electron chi connectivity index (χ1n) is 4.87. The van der Waals surface area contributed by atoms with E-state index < -0.39 is 29.8 Å². The van der Waals surface area contributed by atoms with Gasteiger partial charge in [-0.05, 0) is 12.1 Å². The number of benzene rings is 1. The van der Waals surface area contributed by atoms with Crippen molar-refractivity contribution in [1.82, 2.24) is 0 Å². The lowest BCUT2D eigenvalue weighted by atomic mass is 9.95. The molecule has 4 nitrogen and oxygen atoms in total. The van der Waals surface area contributed by atoms with Crippen LogP contribution in [0.5, 0.6) is 0 Å². The van der Waals surface area contributed by atoms with Gasteiger partial charge in [0, 0.05) is 5.56 Å². The second kappa shape index (κ2) is 4.33. The lowest BCUT2D eigenvalue weighted by Crippen LogP contribution is -2.18. The second-order valence-corrected chi connectivity index (χ2v) is 4.10. The number of carboxylic acids is 1. The Balaban J connectivity index is 2.45. The molecule has 1 heterocycles. The zero-order valence-electron chi connectivity index (χ0n) is 8.52. The number of halogens is 2. The van der Waals surface area contributed by atoms with E-state index in [1.165, 1.54) is 12.1 Å². The Kier molecular flexibility index (Phi) is 3.02. The van der Waals surface area contributed by atoms with E-state index in [1.54, 1.807) is 0 Å². The number of carbonyl (C=O) groups is 2. The van der Waals surface area contributed by atoms with E-state index in [0.29, 0.717) is 0 Å². The van der Waals surface area contributed by atoms with E-state index in [1.807, 2.05) is 0 Å². The average molecular weight is 259 g/mol. The van der Waals surface area contributed by atoms with Crippen molar-refractivity contribution < 1.29 is 23.8 Å². The Morgan fingerprint density at radius 2 is 2.24 bits per heavy atom. The van der Waals surface area contributed by atoms with Crippen LogP contribution in [0.15, 0.2) is 18.2 Å². The minimum Gasteiger partial charge on any atom is -0.481 e. The number of aliphatic carboxylic acids is 1. The molecule has 1 aromatic rings. The first-order valence-corrected chi connectivity index (χ1v) is 5.24. The van der Waals surface area contributed by atoms with Crippen LogP contribution in [0.25, 0.3) is 0 Å². The molecule has 6 heteroatoms. The molecule has 0 aliphatic carbocycles. The van der Waals surface area contributed by atoms with Gasteiger partial charge in [-0.2, -0.15) is 0 Å². The van der Waals surface area contributed by atoms with Crippen LogP contribution in [0.2, 0.25) is 5.02 Å². The Hall–Kier alpha value is -1.62. The molecule has 1 saturated heterocycles. The molecule has 0 saturated carbocycles. The first-order chi connectivity index (χ1) is 8.00. The molecule has 2 rings (SSSR count). The van der Waals surface area contributed by atoms with Crippen LogP contribution in [-0.2, 0) is 14.3 Å². The largest absolute Gasteiger partial charge is 0.481 e. The molecule has 1 N–H and O–H groups in total. The van der Waals surface area contributed by atoms with Gasteiger partial charge in [0.15, 0.2) is 0 Å². The predicted molar refractivity (Wildman–Crippen MR) is 56.0 cm³/mol. The topological polar surface area (TPSA) is 63.6 Å². The van der Waals surface area contributed by atoms with Crippen molar-refractivity contribution >= 4 is 23.5 Å². The van der Waals surface area contributed by atoms with Crippen LogP contribution in [-0.4, -0.2) is 17.0 Å². The smallest absolute Gasteiger partial charge is 0.311 e.